The van der Waals surface area contributed by atoms with Crippen molar-refractivity contribution in [3.05, 3.63) is 59.6 Å². The first kappa shape index (κ1) is 16.9. The Morgan fingerprint density at radius 3 is 2.60 bits per heavy atom. The van der Waals surface area contributed by atoms with E-state index in [2.05, 4.69) is 15.7 Å². The maximum atomic E-state index is 12.6. The van der Waals surface area contributed by atoms with E-state index in [4.69, 9.17) is 0 Å². The monoisotopic (exact) mass is 354 g/mol. The van der Waals surface area contributed by atoms with Crippen LogP contribution in [0.4, 0.5) is 0 Å². The SMILES string of the molecule is CCNC(=O)CNC(=O)c1cn(-c2ccccc2)nc1-c1cccs1. The molecule has 0 bridgehead atoms. The lowest BCUT2D eigenvalue weighted by Gasteiger charge is -2.04. The quantitative estimate of drug-likeness (QED) is 0.714. The normalized spacial score (nSPS) is 10.4. The summed E-state index contributed by atoms with van der Waals surface area (Å²) in [5.74, 6) is -0.541. The average molecular weight is 354 g/mol. The van der Waals surface area contributed by atoms with Gasteiger partial charge in [-0.3, -0.25) is 9.59 Å². The minimum Gasteiger partial charge on any atom is -0.355 e. The zero-order valence-corrected chi connectivity index (χ0v) is 14.5. The lowest BCUT2D eigenvalue weighted by molar-refractivity contribution is -0.120. The van der Waals surface area contributed by atoms with Crippen LogP contribution in [-0.2, 0) is 4.79 Å². The van der Waals surface area contributed by atoms with Crippen LogP contribution in [0.25, 0.3) is 16.3 Å². The molecule has 128 valence electrons. The molecule has 0 saturated heterocycles. The molecule has 0 radical (unpaired) electrons. The number of hydrogen-bond acceptors (Lipinski definition) is 4. The summed E-state index contributed by atoms with van der Waals surface area (Å²) in [5.41, 5.74) is 1.91. The fraction of sp³-hybridized carbons (Fsp3) is 0.167. The number of aromatic nitrogens is 2. The summed E-state index contributed by atoms with van der Waals surface area (Å²) in [7, 11) is 0. The zero-order chi connectivity index (χ0) is 17.6. The Labute approximate surface area is 149 Å². The number of para-hydroxylation sites is 1. The van der Waals surface area contributed by atoms with Crippen LogP contribution in [0.3, 0.4) is 0 Å². The number of nitrogens with zero attached hydrogens (tertiary/aromatic N) is 2. The summed E-state index contributed by atoms with van der Waals surface area (Å²) in [4.78, 5) is 25.0. The second-order valence-electron chi connectivity index (χ2n) is 5.28. The highest BCUT2D eigenvalue weighted by Gasteiger charge is 2.19. The molecule has 3 aromatic rings. The lowest BCUT2D eigenvalue weighted by atomic mass is 10.2. The summed E-state index contributed by atoms with van der Waals surface area (Å²) in [6, 6.07) is 13.4. The number of carbonyl (C=O) groups is 2. The van der Waals surface area contributed by atoms with Crippen molar-refractivity contribution >= 4 is 23.2 Å². The fourth-order valence-electron chi connectivity index (χ4n) is 2.36. The molecule has 0 aliphatic heterocycles. The Morgan fingerprint density at radius 1 is 1.12 bits per heavy atom. The van der Waals surface area contributed by atoms with Gasteiger partial charge in [0.25, 0.3) is 5.91 Å². The summed E-state index contributed by atoms with van der Waals surface area (Å²) in [6.07, 6.45) is 1.69. The molecular weight excluding hydrogens is 336 g/mol. The third-order valence-corrected chi connectivity index (χ3v) is 4.39. The number of carbonyl (C=O) groups excluding carboxylic acids is 2. The standard InChI is InChI=1S/C18H18N4O2S/c1-2-19-16(23)11-20-18(24)14-12-22(13-7-4-3-5-8-13)21-17(14)15-9-6-10-25-15/h3-10,12H,2,11H2,1H3,(H,19,23)(H,20,24). The molecule has 3 rings (SSSR count). The number of nitrogens with one attached hydrogen (secondary N) is 2. The molecule has 0 unspecified atom stereocenters. The maximum absolute atomic E-state index is 12.6. The van der Waals surface area contributed by atoms with Gasteiger partial charge in [0, 0.05) is 12.7 Å². The molecular formula is C18H18N4O2S. The van der Waals surface area contributed by atoms with Crippen molar-refractivity contribution in [1.29, 1.82) is 0 Å². The Balaban J connectivity index is 1.90. The zero-order valence-electron chi connectivity index (χ0n) is 13.7. The van der Waals surface area contributed by atoms with Crippen LogP contribution in [0.2, 0.25) is 0 Å². The Morgan fingerprint density at radius 2 is 1.92 bits per heavy atom. The van der Waals surface area contributed by atoms with Crippen molar-refractivity contribution in [3.8, 4) is 16.3 Å². The molecule has 0 fully saturated rings. The van der Waals surface area contributed by atoms with Gasteiger partial charge >= 0.3 is 0 Å². The van der Waals surface area contributed by atoms with Crippen molar-refractivity contribution in [3.63, 3.8) is 0 Å². The van der Waals surface area contributed by atoms with Crippen molar-refractivity contribution in [2.75, 3.05) is 13.1 Å². The van der Waals surface area contributed by atoms with Crippen LogP contribution >= 0.6 is 11.3 Å². The van der Waals surface area contributed by atoms with Gasteiger partial charge in [0.15, 0.2) is 0 Å². The van der Waals surface area contributed by atoms with Crippen molar-refractivity contribution in [2.24, 2.45) is 0 Å². The molecule has 1 aromatic carbocycles. The van der Waals surface area contributed by atoms with Crippen LogP contribution in [0.15, 0.2) is 54.0 Å². The summed E-state index contributed by atoms with van der Waals surface area (Å²) in [5, 5.41) is 11.8. The van der Waals surface area contributed by atoms with Gasteiger partial charge in [-0.25, -0.2) is 4.68 Å². The van der Waals surface area contributed by atoms with E-state index in [1.807, 2.05) is 54.8 Å². The highest BCUT2D eigenvalue weighted by atomic mass is 32.1. The molecule has 0 aliphatic carbocycles. The third-order valence-electron chi connectivity index (χ3n) is 3.52. The molecule has 2 aromatic heterocycles. The molecule has 7 heteroatoms. The second kappa shape index (κ2) is 7.76. The average Bonchev–Trinajstić information content (AvgIpc) is 3.30. The largest absolute Gasteiger partial charge is 0.355 e. The lowest BCUT2D eigenvalue weighted by Crippen LogP contribution is -2.36. The van der Waals surface area contributed by atoms with E-state index in [-0.39, 0.29) is 18.4 Å². The highest BCUT2D eigenvalue weighted by molar-refractivity contribution is 7.13. The number of hydrogen-bond donors (Lipinski definition) is 2. The highest BCUT2D eigenvalue weighted by Crippen LogP contribution is 2.27. The number of rotatable bonds is 6. The van der Waals surface area contributed by atoms with E-state index in [0.717, 1.165) is 10.6 Å². The van der Waals surface area contributed by atoms with Crippen LogP contribution in [0.5, 0.6) is 0 Å². The fourth-order valence-corrected chi connectivity index (χ4v) is 3.09. The number of amides is 2. The third kappa shape index (κ3) is 3.95. The van der Waals surface area contributed by atoms with Gasteiger partial charge in [0.05, 0.1) is 22.7 Å². The van der Waals surface area contributed by atoms with Crippen LogP contribution in [0, 0.1) is 0 Å². The smallest absolute Gasteiger partial charge is 0.255 e. The van der Waals surface area contributed by atoms with Gasteiger partial charge in [0.2, 0.25) is 5.91 Å². The van der Waals surface area contributed by atoms with E-state index in [1.165, 1.54) is 11.3 Å². The van der Waals surface area contributed by atoms with Gasteiger partial charge in [-0.1, -0.05) is 24.3 Å². The van der Waals surface area contributed by atoms with E-state index in [0.29, 0.717) is 17.8 Å². The molecule has 2 amide bonds. The number of benzene rings is 1. The topological polar surface area (TPSA) is 76.0 Å². The van der Waals surface area contributed by atoms with Gasteiger partial charge in [-0.2, -0.15) is 5.10 Å². The number of thiophene rings is 1. The Kier molecular flexibility index (Phi) is 5.25. The summed E-state index contributed by atoms with van der Waals surface area (Å²) < 4.78 is 1.68. The van der Waals surface area contributed by atoms with Crippen molar-refractivity contribution < 1.29 is 9.59 Å². The first-order valence-electron chi connectivity index (χ1n) is 7.93. The molecule has 2 N–H and O–H groups in total. The Bertz CT molecular complexity index is 857. The molecule has 0 spiro atoms. The van der Waals surface area contributed by atoms with E-state index in [1.54, 1.807) is 10.9 Å². The molecule has 0 aliphatic rings. The first-order valence-corrected chi connectivity index (χ1v) is 8.81. The molecule has 2 heterocycles. The summed E-state index contributed by atoms with van der Waals surface area (Å²) in [6.45, 7) is 2.30. The van der Waals surface area contributed by atoms with Crippen molar-refractivity contribution in [1.82, 2.24) is 20.4 Å². The van der Waals surface area contributed by atoms with E-state index < -0.39 is 0 Å². The molecule has 0 saturated carbocycles. The predicted octanol–water partition coefficient (Wildman–Crippen LogP) is 2.47. The molecule has 6 nitrogen and oxygen atoms in total. The summed E-state index contributed by atoms with van der Waals surface area (Å²) >= 11 is 1.51. The molecule has 0 atom stereocenters. The van der Waals surface area contributed by atoms with E-state index >= 15 is 0 Å². The minimum absolute atomic E-state index is 0.0624. The van der Waals surface area contributed by atoms with Gasteiger partial charge in [-0.15, -0.1) is 11.3 Å². The van der Waals surface area contributed by atoms with Gasteiger partial charge in [-0.05, 0) is 30.5 Å². The first-order chi connectivity index (χ1) is 12.2. The van der Waals surface area contributed by atoms with Gasteiger partial charge < -0.3 is 10.6 Å². The van der Waals surface area contributed by atoms with Gasteiger partial charge in [0.1, 0.15) is 5.69 Å². The van der Waals surface area contributed by atoms with E-state index in [9.17, 15) is 9.59 Å². The van der Waals surface area contributed by atoms with Crippen molar-refractivity contribution in [2.45, 2.75) is 6.92 Å². The number of likely N-dealkylation sites (N-methyl/N-ethyl adjacent to an activating group) is 1. The van der Waals surface area contributed by atoms with Crippen LogP contribution in [0.1, 0.15) is 17.3 Å². The Hall–Kier alpha value is -2.93. The predicted molar refractivity (Wildman–Crippen MR) is 97.9 cm³/mol. The minimum atomic E-state index is -0.322. The second-order valence-corrected chi connectivity index (χ2v) is 6.23. The van der Waals surface area contributed by atoms with Crippen LogP contribution in [-0.4, -0.2) is 34.7 Å². The maximum Gasteiger partial charge on any atom is 0.255 e. The van der Waals surface area contributed by atoms with Crippen LogP contribution < -0.4 is 10.6 Å². The molecule has 25 heavy (non-hydrogen) atoms.